The minimum absolute atomic E-state index is 0.222. The second-order valence-electron chi connectivity index (χ2n) is 10.8. The van der Waals surface area contributed by atoms with Gasteiger partial charge in [0.05, 0.1) is 10.8 Å². The molecule has 0 spiro atoms. The maximum atomic E-state index is 13.0. The Balaban J connectivity index is 1.28. The SMILES string of the molecule is CC1(C)C(=O)N(CCCNCCCN2C(=O)c3cc(N)ccc3C(C)(C)C2=O)C(=O)c2cc(N)ccc21. The van der Waals surface area contributed by atoms with Crippen molar-refractivity contribution < 1.29 is 19.2 Å². The van der Waals surface area contributed by atoms with Gasteiger partial charge in [-0.05, 0) is 89.0 Å². The maximum absolute atomic E-state index is 13.0. The topological polar surface area (TPSA) is 139 Å². The highest BCUT2D eigenvalue weighted by molar-refractivity contribution is 6.14. The molecular formula is C28H35N5O4. The molecular weight excluding hydrogens is 470 g/mol. The van der Waals surface area contributed by atoms with Crippen molar-refractivity contribution in [2.45, 2.75) is 51.4 Å². The minimum atomic E-state index is -0.811. The van der Waals surface area contributed by atoms with Crippen LogP contribution in [-0.2, 0) is 20.4 Å². The van der Waals surface area contributed by atoms with Crippen LogP contribution < -0.4 is 16.8 Å². The van der Waals surface area contributed by atoms with Gasteiger partial charge in [-0.1, -0.05) is 12.1 Å². The summed E-state index contributed by atoms with van der Waals surface area (Å²) in [6, 6.07) is 10.2. The van der Waals surface area contributed by atoms with Gasteiger partial charge in [-0.3, -0.25) is 29.0 Å². The average molecular weight is 506 g/mol. The van der Waals surface area contributed by atoms with Gasteiger partial charge < -0.3 is 16.8 Å². The molecule has 2 aliphatic rings. The number of anilines is 2. The zero-order chi connectivity index (χ0) is 27.1. The van der Waals surface area contributed by atoms with Crippen LogP contribution in [0.5, 0.6) is 0 Å². The molecule has 0 radical (unpaired) electrons. The Bertz CT molecular complexity index is 1190. The van der Waals surface area contributed by atoms with Crippen LogP contribution in [0.15, 0.2) is 36.4 Å². The number of amides is 4. The number of nitrogens with one attached hydrogen (secondary N) is 1. The first-order valence-corrected chi connectivity index (χ1v) is 12.6. The van der Waals surface area contributed by atoms with E-state index in [2.05, 4.69) is 5.32 Å². The number of benzene rings is 2. The molecule has 2 heterocycles. The number of rotatable bonds is 8. The summed E-state index contributed by atoms with van der Waals surface area (Å²) < 4.78 is 0. The summed E-state index contributed by atoms with van der Waals surface area (Å²) in [7, 11) is 0. The molecule has 5 N–H and O–H groups in total. The van der Waals surface area contributed by atoms with Crippen molar-refractivity contribution in [2.24, 2.45) is 0 Å². The fourth-order valence-corrected chi connectivity index (χ4v) is 5.20. The van der Waals surface area contributed by atoms with Gasteiger partial charge in [0.25, 0.3) is 11.8 Å². The highest BCUT2D eigenvalue weighted by Gasteiger charge is 2.45. The quantitative estimate of drug-likeness (QED) is 0.284. The monoisotopic (exact) mass is 505 g/mol. The van der Waals surface area contributed by atoms with Gasteiger partial charge in [0.1, 0.15) is 0 Å². The lowest BCUT2D eigenvalue weighted by molar-refractivity contribution is -0.135. The summed E-state index contributed by atoms with van der Waals surface area (Å²) in [4.78, 5) is 54.7. The van der Waals surface area contributed by atoms with Gasteiger partial charge in [-0.25, -0.2) is 0 Å². The first-order chi connectivity index (χ1) is 17.4. The van der Waals surface area contributed by atoms with E-state index in [0.717, 1.165) is 0 Å². The van der Waals surface area contributed by atoms with Crippen LogP contribution in [0.3, 0.4) is 0 Å². The van der Waals surface area contributed by atoms with E-state index >= 15 is 0 Å². The van der Waals surface area contributed by atoms with Crippen molar-refractivity contribution in [1.82, 2.24) is 15.1 Å². The number of carbonyl (C=O) groups excluding carboxylic acids is 4. The first-order valence-electron chi connectivity index (χ1n) is 12.6. The Morgan fingerprint density at radius 1 is 0.676 bits per heavy atom. The number of hydrogen-bond donors (Lipinski definition) is 3. The van der Waals surface area contributed by atoms with E-state index < -0.39 is 10.8 Å². The first kappa shape index (κ1) is 26.3. The van der Waals surface area contributed by atoms with E-state index in [9.17, 15) is 19.2 Å². The number of nitrogens with zero attached hydrogens (tertiary/aromatic N) is 2. The Morgan fingerprint density at radius 3 is 1.43 bits per heavy atom. The standard InChI is InChI=1S/C28H35N5O4/c1-27(2)21-9-7-17(29)15-19(21)23(34)32(25(27)36)13-5-11-31-12-6-14-33-24(35)20-16-18(30)8-10-22(20)28(3,4)26(33)37/h7-10,15-16,31H,5-6,11-14,29-30H2,1-4H3. The van der Waals surface area contributed by atoms with Crippen molar-refractivity contribution in [3.63, 3.8) is 0 Å². The molecule has 37 heavy (non-hydrogen) atoms. The summed E-state index contributed by atoms with van der Waals surface area (Å²) in [5.41, 5.74) is 13.4. The molecule has 0 unspecified atom stereocenters. The van der Waals surface area contributed by atoms with Crippen molar-refractivity contribution in [3.05, 3.63) is 58.7 Å². The Kier molecular flexibility index (Phi) is 6.85. The van der Waals surface area contributed by atoms with E-state index in [1.165, 1.54) is 9.80 Å². The second kappa shape index (κ2) is 9.63. The fourth-order valence-electron chi connectivity index (χ4n) is 5.20. The van der Waals surface area contributed by atoms with E-state index in [1.807, 2.05) is 27.7 Å². The van der Waals surface area contributed by atoms with Crippen LogP contribution in [0.1, 0.15) is 72.4 Å². The van der Waals surface area contributed by atoms with Gasteiger partial charge in [0.15, 0.2) is 0 Å². The number of nitrogen functional groups attached to an aromatic ring is 2. The number of carbonyl (C=O) groups is 4. The van der Waals surface area contributed by atoms with Crippen LogP contribution in [0.2, 0.25) is 0 Å². The smallest absolute Gasteiger partial charge is 0.260 e. The molecule has 0 fully saturated rings. The largest absolute Gasteiger partial charge is 0.399 e. The molecule has 2 aromatic rings. The van der Waals surface area contributed by atoms with E-state index in [-0.39, 0.29) is 36.7 Å². The molecule has 4 rings (SSSR count). The molecule has 0 aromatic heterocycles. The lowest BCUT2D eigenvalue weighted by atomic mass is 9.77. The summed E-state index contributed by atoms with van der Waals surface area (Å²) in [5.74, 6) is -1.09. The number of hydrogen-bond acceptors (Lipinski definition) is 7. The van der Waals surface area contributed by atoms with Crippen LogP contribution in [0.4, 0.5) is 11.4 Å². The molecule has 4 amide bonds. The lowest BCUT2D eigenvalue weighted by Gasteiger charge is -2.37. The van der Waals surface area contributed by atoms with E-state index in [4.69, 9.17) is 11.5 Å². The third kappa shape index (κ3) is 4.59. The normalized spacial score (nSPS) is 18.2. The molecule has 0 atom stereocenters. The maximum Gasteiger partial charge on any atom is 0.260 e. The average Bonchev–Trinajstić information content (AvgIpc) is 2.84. The third-order valence-corrected chi connectivity index (χ3v) is 7.42. The number of nitrogens with two attached hydrogens (primary N) is 2. The molecule has 196 valence electrons. The van der Waals surface area contributed by atoms with Gasteiger partial charge in [-0.15, -0.1) is 0 Å². The van der Waals surface area contributed by atoms with Gasteiger partial charge in [0.2, 0.25) is 11.8 Å². The van der Waals surface area contributed by atoms with Crippen LogP contribution in [-0.4, -0.2) is 59.6 Å². The molecule has 9 heteroatoms. The molecule has 9 nitrogen and oxygen atoms in total. The zero-order valence-corrected chi connectivity index (χ0v) is 21.9. The number of fused-ring (bicyclic) bond motifs is 2. The Morgan fingerprint density at radius 2 is 1.05 bits per heavy atom. The van der Waals surface area contributed by atoms with Crippen molar-refractivity contribution in [1.29, 1.82) is 0 Å². The Hall–Kier alpha value is -3.72. The molecule has 0 saturated carbocycles. The summed E-state index contributed by atoms with van der Waals surface area (Å²) in [5, 5.41) is 3.28. The minimum Gasteiger partial charge on any atom is -0.399 e. The van der Waals surface area contributed by atoms with Crippen LogP contribution >= 0.6 is 0 Å². The predicted molar refractivity (Wildman–Crippen MR) is 142 cm³/mol. The fraction of sp³-hybridized carbons (Fsp3) is 0.429. The van der Waals surface area contributed by atoms with E-state index in [1.54, 1.807) is 36.4 Å². The van der Waals surface area contributed by atoms with Crippen LogP contribution in [0.25, 0.3) is 0 Å². The summed E-state index contributed by atoms with van der Waals surface area (Å²) in [6.45, 7) is 9.01. The van der Waals surface area contributed by atoms with Gasteiger partial charge in [-0.2, -0.15) is 0 Å². The van der Waals surface area contributed by atoms with Gasteiger partial charge in [0, 0.05) is 35.6 Å². The molecule has 0 bridgehead atoms. The van der Waals surface area contributed by atoms with Crippen molar-refractivity contribution in [2.75, 3.05) is 37.6 Å². The summed E-state index contributed by atoms with van der Waals surface area (Å²) in [6.07, 6.45) is 1.15. The Labute approximate surface area is 217 Å². The van der Waals surface area contributed by atoms with Gasteiger partial charge >= 0.3 is 0 Å². The number of imide groups is 2. The zero-order valence-electron chi connectivity index (χ0n) is 21.9. The molecule has 0 saturated heterocycles. The molecule has 0 aliphatic carbocycles. The van der Waals surface area contributed by atoms with E-state index in [0.29, 0.717) is 59.6 Å². The molecule has 2 aliphatic heterocycles. The van der Waals surface area contributed by atoms with Crippen molar-refractivity contribution in [3.8, 4) is 0 Å². The third-order valence-electron chi connectivity index (χ3n) is 7.42. The van der Waals surface area contributed by atoms with Crippen LogP contribution in [0, 0.1) is 0 Å². The predicted octanol–water partition coefficient (Wildman–Crippen LogP) is 2.44. The second-order valence-corrected chi connectivity index (χ2v) is 10.8. The highest BCUT2D eigenvalue weighted by atomic mass is 16.2. The molecule has 2 aromatic carbocycles. The highest BCUT2D eigenvalue weighted by Crippen LogP contribution is 2.36. The summed E-state index contributed by atoms with van der Waals surface area (Å²) >= 11 is 0. The lowest BCUT2D eigenvalue weighted by Crippen LogP contribution is -2.52. The van der Waals surface area contributed by atoms with Crippen molar-refractivity contribution >= 4 is 35.0 Å².